The van der Waals surface area contributed by atoms with Gasteiger partial charge < -0.3 is 20.6 Å². The summed E-state index contributed by atoms with van der Waals surface area (Å²) >= 11 is 0. The van der Waals surface area contributed by atoms with Crippen LogP contribution in [0.2, 0.25) is 0 Å². The molecule has 0 aromatic heterocycles. The third-order valence-electron chi connectivity index (χ3n) is 4.25. The van der Waals surface area contributed by atoms with Gasteiger partial charge in [-0.1, -0.05) is 26.0 Å². The van der Waals surface area contributed by atoms with Gasteiger partial charge in [-0.15, -0.1) is 0 Å². The van der Waals surface area contributed by atoms with Crippen molar-refractivity contribution in [2.24, 2.45) is 0 Å². The zero-order valence-electron chi connectivity index (χ0n) is 14.0. The number of fused-ring (bicyclic) bond motifs is 1. The first-order chi connectivity index (χ1) is 10.7. The van der Waals surface area contributed by atoms with Crippen LogP contribution < -0.4 is 5.32 Å². The third-order valence-corrected chi connectivity index (χ3v) is 4.25. The summed E-state index contributed by atoms with van der Waals surface area (Å²) in [5.74, 6) is -2.52. The number of hydrogen-bond donors (Lipinski definition) is 4. The van der Waals surface area contributed by atoms with Crippen LogP contribution in [0.1, 0.15) is 44.7 Å². The summed E-state index contributed by atoms with van der Waals surface area (Å²) in [6, 6.07) is 5.14. The molecule has 1 aromatic rings. The number of carbonyl (C=O) groups is 1. The summed E-state index contributed by atoms with van der Waals surface area (Å²) in [5, 5.41) is 34.2. The molecule has 6 heteroatoms. The molecule has 1 aliphatic rings. The van der Waals surface area contributed by atoms with Crippen molar-refractivity contribution < 1.29 is 20.1 Å². The van der Waals surface area contributed by atoms with Crippen LogP contribution in [-0.4, -0.2) is 45.1 Å². The summed E-state index contributed by atoms with van der Waals surface area (Å²) in [5.41, 5.74) is -0.174. The fourth-order valence-corrected chi connectivity index (χ4v) is 3.16. The predicted molar refractivity (Wildman–Crippen MR) is 87.7 cm³/mol. The van der Waals surface area contributed by atoms with E-state index in [1.165, 1.54) is 6.92 Å². The highest BCUT2D eigenvalue weighted by Gasteiger charge is 2.44. The number of aliphatic hydroxyl groups is 3. The second-order valence-electron chi connectivity index (χ2n) is 6.30. The van der Waals surface area contributed by atoms with E-state index in [9.17, 15) is 20.1 Å². The van der Waals surface area contributed by atoms with Gasteiger partial charge in [0.25, 0.3) is 5.91 Å². The van der Waals surface area contributed by atoms with Gasteiger partial charge in [-0.3, -0.25) is 9.69 Å². The Hall–Kier alpha value is -1.47. The molecule has 2 rings (SSSR count). The number of nitrogens with zero attached hydrogens (tertiary/aromatic N) is 1. The Bertz CT molecular complexity index is 578. The van der Waals surface area contributed by atoms with Crippen molar-refractivity contribution in [2.45, 2.75) is 51.5 Å². The molecular formula is C17H26N2O4. The molecule has 1 amide bonds. The number of hydrogen-bond acceptors (Lipinski definition) is 5. The zero-order valence-corrected chi connectivity index (χ0v) is 14.0. The molecule has 0 fully saturated rings. The van der Waals surface area contributed by atoms with Crippen LogP contribution in [0, 0.1) is 0 Å². The molecule has 23 heavy (non-hydrogen) atoms. The highest BCUT2D eigenvalue weighted by Crippen LogP contribution is 2.39. The molecule has 128 valence electrons. The number of rotatable bonds is 7. The molecule has 0 saturated heterocycles. The van der Waals surface area contributed by atoms with E-state index in [1.807, 2.05) is 13.8 Å². The smallest absolute Gasteiger partial charge is 0.260 e. The SMILES string of the molecule is CCCN(CCC)C(O)(O)Cc1cccc2c1C(C)(O)C(=O)N2. The van der Waals surface area contributed by atoms with Crippen LogP contribution in [-0.2, 0) is 16.8 Å². The van der Waals surface area contributed by atoms with Crippen molar-refractivity contribution in [2.75, 3.05) is 18.4 Å². The fourth-order valence-electron chi connectivity index (χ4n) is 3.16. The van der Waals surface area contributed by atoms with Crippen LogP contribution in [0.15, 0.2) is 18.2 Å². The van der Waals surface area contributed by atoms with Crippen molar-refractivity contribution in [1.82, 2.24) is 4.90 Å². The van der Waals surface area contributed by atoms with Crippen LogP contribution in [0.5, 0.6) is 0 Å². The van der Waals surface area contributed by atoms with Gasteiger partial charge in [0.2, 0.25) is 5.91 Å². The molecule has 4 N–H and O–H groups in total. The van der Waals surface area contributed by atoms with Gasteiger partial charge in [0.15, 0.2) is 5.60 Å². The Balaban J connectivity index is 2.34. The average molecular weight is 322 g/mol. The summed E-state index contributed by atoms with van der Waals surface area (Å²) in [6.07, 6.45) is 1.52. The molecular weight excluding hydrogens is 296 g/mol. The van der Waals surface area contributed by atoms with E-state index in [0.717, 1.165) is 12.8 Å². The number of nitrogens with one attached hydrogen (secondary N) is 1. The van der Waals surface area contributed by atoms with Crippen LogP contribution in [0.4, 0.5) is 5.69 Å². The monoisotopic (exact) mass is 322 g/mol. The minimum atomic E-state index is -2.02. The van der Waals surface area contributed by atoms with Crippen molar-refractivity contribution >= 4 is 11.6 Å². The van der Waals surface area contributed by atoms with E-state index < -0.39 is 17.4 Å². The number of benzene rings is 1. The molecule has 0 bridgehead atoms. The van der Waals surface area contributed by atoms with Gasteiger partial charge in [-0.05, 0) is 31.4 Å². The predicted octanol–water partition coefficient (Wildman–Crippen LogP) is 1.15. The van der Waals surface area contributed by atoms with Crippen molar-refractivity contribution in [3.05, 3.63) is 29.3 Å². The first-order valence-electron chi connectivity index (χ1n) is 8.10. The lowest BCUT2D eigenvalue weighted by molar-refractivity contribution is -0.263. The van der Waals surface area contributed by atoms with Gasteiger partial charge in [0, 0.05) is 30.8 Å². The molecule has 1 aromatic carbocycles. The molecule has 1 unspecified atom stereocenters. The first-order valence-corrected chi connectivity index (χ1v) is 8.10. The van der Waals surface area contributed by atoms with Gasteiger partial charge in [-0.25, -0.2) is 0 Å². The van der Waals surface area contributed by atoms with E-state index in [-0.39, 0.29) is 6.42 Å². The quantitative estimate of drug-likeness (QED) is 0.565. The molecule has 0 saturated carbocycles. The van der Waals surface area contributed by atoms with E-state index in [1.54, 1.807) is 23.1 Å². The lowest BCUT2D eigenvalue weighted by Gasteiger charge is -2.35. The number of anilines is 1. The Kier molecular flexibility index (Phi) is 5.10. The van der Waals surface area contributed by atoms with E-state index in [2.05, 4.69) is 5.32 Å². The molecule has 1 aliphatic heterocycles. The maximum Gasteiger partial charge on any atom is 0.260 e. The molecule has 1 atom stereocenters. The zero-order chi connectivity index (χ0) is 17.3. The van der Waals surface area contributed by atoms with Crippen molar-refractivity contribution in [3.63, 3.8) is 0 Å². The Morgan fingerprint density at radius 2 is 1.83 bits per heavy atom. The van der Waals surface area contributed by atoms with Gasteiger partial charge in [-0.2, -0.15) is 0 Å². The lowest BCUT2D eigenvalue weighted by atomic mass is 9.90. The Morgan fingerprint density at radius 1 is 1.22 bits per heavy atom. The van der Waals surface area contributed by atoms with Crippen molar-refractivity contribution in [1.29, 1.82) is 0 Å². The molecule has 0 radical (unpaired) electrons. The minimum Gasteiger partial charge on any atom is -0.375 e. The lowest BCUT2D eigenvalue weighted by Crippen LogP contribution is -2.51. The van der Waals surface area contributed by atoms with Gasteiger partial charge in [0.1, 0.15) is 0 Å². The maximum absolute atomic E-state index is 11.9. The summed E-state index contributed by atoms with van der Waals surface area (Å²) in [7, 11) is 0. The Labute approximate surface area is 136 Å². The highest BCUT2D eigenvalue weighted by molar-refractivity contribution is 6.05. The number of carbonyl (C=O) groups excluding carboxylic acids is 1. The second-order valence-corrected chi connectivity index (χ2v) is 6.30. The molecule has 0 spiro atoms. The number of amides is 1. The van der Waals surface area contributed by atoms with Crippen LogP contribution in [0.3, 0.4) is 0 Å². The molecule has 6 nitrogen and oxygen atoms in total. The van der Waals surface area contributed by atoms with Gasteiger partial charge >= 0.3 is 0 Å². The minimum absolute atomic E-state index is 0.0821. The summed E-state index contributed by atoms with van der Waals surface area (Å²) in [4.78, 5) is 13.5. The van der Waals surface area contributed by atoms with E-state index in [4.69, 9.17) is 0 Å². The fraction of sp³-hybridized carbons (Fsp3) is 0.588. The maximum atomic E-state index is 11.9. The molecule has 0 aliphatic carbocycles. The van der Waals surface area contributed by atoms with E-state index in [0.29, 0.717) is 29.9 Å². The Morgan fingerprint density at radius 3 is 2.39 bits per heavy atom. The summed E-state index contributed by atoms with van der Waals surface area (Å²) < 4.78 is 0. The van der Waals surface area contributed by atoms with Crippen LogP contribution >= 0.6 is 0 Å². The summed E-state index contributed by atoms with van der Waals surface area (Å²) in [6.45, 7) is 6.50. The van der Waals surface area contributed by atoms with Gasteiger partial charge in [0.05, 0.1) is 0 Å². The molecule has 1 heterocycles. The average Bonchev–Trinajstić information content (AvgIpc) is 2.69. The first kappa shape index (κ1) is 17.9. The van der Waals surface area contributed by atoms with Crippen molar-refractivity contribution in [3.8, 4) is 0 Å². The largest absolute Gasteiger partial charge is 0.375 e. The normalized spacial score (nSPS) is 20.7. The topological polar surface area (TPSA) is 93.0 Å². The van der Waals surface area contributed by atoms with E-state index >= 15 is 0 Å². The highest BCUT2D eigenvalue weighted by atomic mass is 16.5. The standard InChI is InChI=1S/C17H26N2O4/c1-4-9-19(10-5-2)17(22,23)11-12-7-6-8-13-14(12)16(3,21)15(20)18-13/h6-8,21-23H,4-5,9-11H2,1-3H3,(H,18,20). The van der Waals surface area contributed by atoms with Crippen LogP contribution in [0.25, 0.3) is 0 Å². The third kappa shape index (κ3) is 3.40. The second kappa shape index (κ2) is 6.57.